The monoisotopic (exact) mass is 675 g/mol. The molecule has 5 atom stereocenters. The fraction of sp³-hybridized carbons (Fsp3) is 0.278. The SMILES string of the molecule is C.C.CC(=O)Oc1c(-c2[nH]c3ccccc3c2OC(C)=O)[nH]c2ccccc12.OC[C@H]1O[C@@H](Oc2c[nH]c3ccccc23)[C@H](O)[C@@H](O)[C@@H]1O. The van der Waals surface area contributed by atoms with Crippen LogP contribution in [0.1, 0.15) is 28.7 Å². The fourth-order valence-corrected chi connectivity index (χ4v) is 5.52. The summed E-state index contributed by atoms with van der Waals surface area (Å²) in [4.78, 5) is 32.8. The number of hydrogen-bond donors (Lipinski definition) is 7. The number of ether oxygens (including phenoxy) is 4. The van der Waals surface area contributed by atoms with Crippen molar-refractivity contribution < 1.29 is 49.0 Å². The normalized spacial score (nSPS) is 20.1. The molecule has 13 nitrogen and oxygen atoms in total. The van der Waals surface area contributed by atoms with E-state index in [1.807, 2.05) is 72.8 Å². The quantitative estimate of drug-likeness (QED) is 0.121. The Bertz CT molecular complexity index is 1950. The van der Waals surface area contributed by atoms with Crippen molar-refractivity contribution in [3.8, 4) is 28.6 Å². The number of H-pyrrole nitrogens is 3. The van der Waals surface area contributed by atoms with Crippen LogP contribution in [-0.4, -0.2) is 84.6 Å². The van der Waals surface area contributed by atoms with E-state index in [2.05, 4.69) is 15.0 Å². The number of aromatic amines is 3. The number of aliphatic hydroxyl groups is 4. The standard InChI is InChI=1S/C20H16N2O4.C14H17NO6.2CH4/c1-11(23)25-19-13-7-3-5-9-15(13)21-17(19)18-20(26-12(2)24)14-8-4-6-10-16(14)22-18;16-6-10-11(17)12(18)13(19)14(21-10)20-9-5-15-8-4-2-1-3-7(8)9;;/h3-10,21-22H,1-2H3;1-5,10-19H,6H2;2*1H4/t;10-,11-,12+,13-,14-;;/m.1../s1. The number of fused-ring (bicyclic) bond motifs is 3. The number of aliphatic hydroxyl groups excluding tert-OH is 4. The summed E-state index contributed by atoms with van der Waals surface area (Å²) in [5, 5.41) is 40.9. The van der Waals surface area contributed by atoms with Crippen LogP contribution < -0.4 is 14.2 Å². The van der Waals surface area contributed by atoms with Gasteiger partial charge in [-0.15, -0.1) is 0 Å². The Hall–Kier alpha value is -5.18. The number of carbonyl (C=O) groups is 2. The minimum Gasteiger partial charge on any atom is -0.460 e. The van der Waals surface area contributed by atoms with Crippen LogP contribution in [0.5, 0.6) is 17.2 Å². The van der Waals surface area contributed by atoms with Crippen LogP contribution in [0, 0.1) is 0 Å². The molecule has 0 radical (unpaired) electrons. The maximum atomic E-state index is 11.6. The molecular weight excluding hydrogens is 634 g/mol. The highest BCUT2D eigenvalue weighted by Crippen LogP contribution is 2.44. The summed E-state index contributed by atoms with van der Waals surface area (Å²) in [7, 11) is 0. The number of nitrogens with one attached hydrogen (secondary N) is 3. The molecule has 0 spiro atoms. The van der Waals surface area contributed by atoms with Crippen molar-refractivity contribution in [1.29, 1.82) is 0 Å². The molecule has 1 fully saturated rings. The van der Waals surface area contributed by atoms with Crippen molar-refractivity contribution in [2.45, 2.75) is 59.4 Å². The summed E-state index contributed by atoms with van der Waals surface area (Å²) in [5.41, 5.74) is 3.58. The summed E-state index contributed by atoms with van der Waals surface area (Å²) in [5.74, 6) is 0.387. The second-order valence-electron chi connectivity index (χ2n) is 11.0. The molecule has 1 aliphatic rings. The van der Waals surface area contributed by atoms with Gasteiger partial charge >= 0.3 is 11.9 Å². The first-order valence-electron chi connectivity index (χ1n) is 14.8. The number of benzene rings is 3. The predicted molar refractivity (Wildman–Crippen MR) is 184 cm³/mol. The molecule has 0 amide bonds. The van der Waals surface area contributed by atoms with Gasteiger partial charge in [0.15, 0.2) is 11.5 Å². The second-order valence-corrected chi connectivity index (χ2v) is 11.0. The maximum absolute atomic E-state index is 11.6. The van der Waals surface area contributed by atoms with Crippen molar-refractivity contribution in [3.05, 3.63) is 79.0 Å². The summed E-state index contributed by atoms with van der Waals surface area (Å²) >= 11 is 0. The zero-order valence-electron chi connectivity index (χ0n) is 25.3. The van der Waals surface area contributed by atoms with Crippen LogP contribution in [0.25, 0.3) is 44.1 Å². The topological polar surface area (TPSA) is 199 Å². The molecule has 3 aromatic heterocycles. The average molecular weight is 676 g/mol. The van der Waals surface area contributed by atoms with Crippen LogP contribution in [0.15, 0.2) is 79.0 Å². The van der Waals surface area contributed by atoms with E-state index in [1.54, 1.807) is 6.20 Å². The first-order valence-corrected chi connectivity index (χ1v) is 14.8. The van der Waals surface area contributed by atoms with Crippen molar-refractivity contribution in [2.75, 3.05) is 6.61 Å². The highest BCUT2D eigenvalue weighted by molar-refractivity contribution is 6.02. The van der Waals surface area contributed by atoms with Gasteiger partial charge in [0.05, 0.1) is 6.61 Å². The number of aromatic nitrogens is 3. The Kier molecular flexibility index (Phi) is 11.5. The molecule has 13 heteroatoms. The van der Waals surface area contributed by atoms with Gasteiger partial charge in [-0.05, 0) is 36.4 Å². The molecule has 0 bridgehead atoms. The zero-order chi connectivity index (χ0) is 33.2. The zero-order valence-corrected chi connectivity index (χ0v) is 25.3. The number of hydrogen-bond acceptors (Lipinski definition) is 10. The lowest BCUT2D eigenvalue weighted by Gasteiger charge is -2.39. The molecule has 6 aromatic rings. The minimum absolute atomic E-state index is 0. The van der Waals surface area contributed by atoms with Gasteiger partial charge in [0.25, 0.3) is 0 Å². The molecule has 49 heavy (non-hydrogen) atoms. The van der Waals surface area contributed by atoms with Crippen LogP contribution >= 0.6 is 0 Å². The first kappa shape index (κ1) is 36.7. The van der Waals surface area contributed by atoms with E-state index in [0.717, 1.165) is 32.7 Å². The van der Waals surface area contributed by atoms with Crippen LogP contribution in [0.3, 0.4) is 0 Å². The lowest BCUT2D eigenvalue weighted by Crippen LogP contribution is -2.60. The molecule has 1 aliphatic heterocycles. The van der Waals surface area contributed by atoms with E-state index in [1.165, 1.54) is 13.8 Å². The van der Waals surface area contributed by atoms with Gasteiger partial charge in [-0.1, -0.05) is 51.3 Å². The van der Waals surface area contributed by atoms with Crippen molar-refractivity contribution in [3.63, 3.8) is 0 Å². The molecule has 1 saturated heterocycles. The van der Waals surface area contributed by atoms with Gasteiger partial charge in [-0.25, -0.2) is 0 Å². The Morgan fingerprint density at radius 1 is 0.694 bits per heavy atom. The second kappa shape index (κ2) is 15.4. The van der Waals surface area contributed by atoms with E-state index < -0.39 is 49.3 Å². The number of rotatable bonds is 6. The van der Waals surface area contributed by atoms with E-state index in [0.29, 0.717) is 28.6 Å². The molecule has 0 saturated carbocycles. The van der Waals surface area contributed by atoms with Gasteiger partial charge in [0.1, 0.15) is 41.6 Å². The Morgan fingerprint density at radius 3 is 1.65 bits per heavy atom. The summed E-state index contributed by atoms with van der Waals surface area (Å²) in [6.45, 7) is 2.21. The smallest absolute Gasteiger partial charge is 0.308 e. The van der Waals surface area contributed by atoms with Crippen LogP contribution in [-0.2, 0) is 14.3 Å². The van der Waals surface area contributed by atoms with E-state index >= 15 is 0 Å². The lowest BCUT2D eigenvalue weighted by atomic mass is 9.99. The van der Waals surface area contributed by atoms with E-state index in [4.69, 9.17) is 24.1 Å². The van der Waals surface area contributed by atoms with Gasteiger partial charge in [0, 0.05) is 52.8 Å². The van der Waals surface area contributed by atoms with Crippen molar-refractivity contribution in [1.82, 2.24) is 15.0 Å². The largest absolute Gasteiger partial charge is 0.460 e. The molecule has 7 N–H and O–H groups in total. The van der Waals surface area contributed by atoms with Gasteiger partial charge in [-0.2, -0.15) is 0 Å². The van der Waals surface area contributed by atoms with E-state index in [9.17, 15) is 24.9 Å². The Labute approximate surface area is 282 Å². The molecule has 0 aliphatic carbocycles. The first-order chi connectivity index (χ1) is 22.7. The number of esters is 2. The van der Waals surface area contributed by atoms with Crippen molar-refractivity contribution in [2.24, 2.45) is 0 Å². The van der Waals surface area contributed by atoms with Crippen LogP contribution in [0.4, 0.5) is 0 Å². The van der Waals surface area contributed by atoms with Crippen LogP contribution in [0.2, 0.25) is 0 Å². The molecule has 4 heterocycles. The third-order valence-electron chi connectivity index (χ3n) is 7.70. The van der Waals surface area contributed by atoms with Gasteiger partial charge < -0.3 is 54.3 Å². The van der Waals surface area contributed by atoms with Gasteiger partial charge in [0.2, 0.25) is 6.29 Å². The Morgan fingerprint density at radius 2 is 1.16 bits per heavy atom. The highest BCUT2D eigenvalue weighted by atomic mass is 16.7. The Balaban J connectivity index is 0.000000217. The molecule has 260 valence electrons. The van der Waals surface area contributed by atoms with Gasteiger partial charge in [-0.3, -0.25) is 9.59 Å². The van der Waals surface area contributed by atoms with Crippen molar-refractivity contribution >= 4 is 44.6 Å². The number of carbonyl (C=O) groups excluding carboxylic acids is 2. The number of para-hydroxylation sites is 3. The third kappa shape index (κ3) is 7.31. The third-order valence-corrected chi connectivity index (χ3v) is 7.70. The highest BCUT2D eigenvalue weighted by Gasteiger charge is 2.44. The summed E-state index contributed by atoms with van der Waals surface area (Å²) < 4.78 is 21.8. The van der Waals surface area contributed by atoms with E-state index in [-0.39, 0.29) is 14.9 Å². The summed E-state index contributed by atoms with van der Waals surface area (Å²) in [6.07, 6.45) is -4.82. The minimum atomic E-state index is -1.45. The average Bonchev–Trinajstić information content (AvgIpc) is 3.75. The maximum Gasteiger partial charge on any atom is 0.308 e. The molecular formula is C36H41N3O10. The molecule has 7 rings (SSSR count). The summed E-state index contributed by atoms with van der Waals surface area (Å²) in [6, 6.07) is 22.4. The predicted octanol–water partition coefficient (Wildman–Crippen LogP) is 4.79. The molecule has 0 unspecified atom stereocenters. The fourth-order valence-electron chi connectivity index (χ4n) is 5.52. The molecule has 3 aromatic carbocycles. The lowest BCUT2D eigenvalue weighted by molar-refractivity contribution is -0.277.